The molecular weight excluding hydrogens is 214 g/mol. The molecule has 0 aliphatic carbocycles. The fourth-order valence-electron chi connectivity index (χ4n) is 2.06. The molecular formula is C10H20ClN3O. The van der Waals surface area contributed by atoms with Crippen molar-refractivity contribution in [2.24, 2.45) is 5.92 Å². The van der Waals surface area contributed by atoms with Crippen LogP contribution < -0.4 is 16.0 Å². The Morgan fingerprint density at radius 3 is 2.67 bits per heavy atom. The van der Waals surface area contributed by atoms with E-state index in [0.717, 1.165) is 32.5 Å². The Hall–Kier alpha value is -0.320. The van der Waals surface area contributed by atoms with Crippen molar-refractivity contribution >= 4 is 18.3 Å². The van der Waals surface area contributed by atoms with Crippen LogP contribution in [0, 0.1) is 5.92 Å². The summed E-state index contributed by atoms with van der Waals surface area (Å²) in [5.74, 6) is 0.461. The molecule has 88 valence electrons. The van der Waals surface area contributed by atoms with Crippen molar-refractivity contribution < 1.29 is 4.79 Å². The van der Waals surface area contributed by atoms with E-state index in [0.29, 0.717) is 12.1 Å². The van der Waals surface area contributed by atoms with Crippen LogP contribution in [0.2, 0.25) is 0 Å². The van der Waals surface area contributed by atoms with Crippen LogP contribution >= 0.6 is 12.4 Å². The Bertz CT molecular complexity index is 221. The monoisotopic (exact) mass is 233 g/mol. The molecule has 2 aliphatic heterocycles. The van der Waals surface area contributed by atoms with E-state index in [1.54, 1.807) is 0 Å². The average Bonchev–Trinajstić information content (AvgIpc) is 1.99. The molecule has 0 aromatic heterocycles. The molecule has 0 saturated carbocycles. The lowest BCUT2D eigenvalue weighted by Gasteiger charge is -2.32. The van der Waals surface area contributed by atoms with Crippen LogP contribution in [-0.4, -0.2) is 37.6 Å². The van der Waals surface area contributed by atoms with Crippen LogP contribution in [0.5, 0.6) is 0 Å². The smallest absolute Gasteiger partial charge is 0.225 e. The SMILES string of the molecule is CC1CC(NC(=O)C2CNC2)CCN1.Cl. The van der Waals surface area contributed by atoms with Gasteiger partial charge in [0.25, 0.3) is 0 Å². The fraction of sp³-hybridized carbons (Fsp3) is 0.900. The molecule has 2 saturated heterocycles. The van der Waals surface area contributed by atoms with Crippen molar-refractivity contribution in [3.8, 4) is 0 Å². The molecule has 0 aromatic carbocycles. The van der Waals surface area contributed by atoms with Crippen molar-refractivity contribution in [1.29, 1.82) is 0 Å². The predicted octanol–water partition coefficient (Wildman–Crippen LogP) is -0.116. The van der Waals surface area contributed by atoms with Gasteiger partial charge in [-0.15, -0.1) is 12.4 Å². The lowest BCUT2D eigenvalue weighted by molar-refractivity contribution is -0.127. The van der Waals surface area contributed by atoms with Gasteiger partial charge >= 0.3 is 0 Å². The molecule has 2 heterocycles. The van der Waals surface area contributed by atoms with Crippen LogP contribution in [0.3, 0.4) is 0 Å². The number of hydrogen-bond donors (Lipinski definition) is 3. The molecule has 3 N–H and O–H groups in total. The molecule has 1 amide bonds. The highest BCUT2D eigenvalue weighted by molar-refractivity contribution is 5.85. The van der Waals surface area contributed by atoms with Crippen molar-refractivity contribution in [3.05, 3.63) is 0 Å². The highest BCUT2D eigenvalue weighted by Gasteiger charge is 2.27. The van der Waals surface area contributed by atoms with Crippen molar-refractivity contribution in [1.82, 2.24) is 16.0 Å². The van der Waals surface area contributed by atoms with E-state index in [-0.39, 0.29) is 24.2 Å². The lowest BCUT2D eigenvalue weighted by atomic mass is 9.97. The molecule has 0 radical (unpaired) electrons. The topological polar surface area (TPSA) is 53.2 Å². The fourth-order valence-corrected chi connectivity index (χ4v) is 2.06. The minimum Gasteiger partial charge on any atom is -0.353 e. The van der Waals surface area contributed by atoms with Gasteiger partial charge < -0.3 is 16.0 Å². The van der Waals surface area contributed by atoms with E-state index in [4.69, 9.17) is 0 Å². The van der Waals surface area contributed by atoms with Gasteiger partial charge in [0.1, 0.15) is 0 Å². The summed E-state index contributed by atoms with van der Waals surface area (Å²) in [6, 6.07) is 0.924. The summed E-state index contributed by atoms with van der Waals surface area (Å²) in [5, 5.41) is 9.63. The van der Waals surface area contributed by atoms with Crippen LogP contribution in [0.15, 0.2) is 0 Å². The largest absolute Gasteiger partial charge is 0.353 e. The summed E-state index contributed by atoms with van der Waals surface area (Å²) in [4.78, 5) is 11.6. The molecule has 2 atom stereocenters. The molecule has 0 bridgehead atoms. The maximum absolute atomic E-state index is 11.6. The van der Waals surface area contributed by atoms with Gasteiger partial charge in [-0.25, -0.2) is 0 Å². The molecule has 0 spiro atoms. The first-order valence-electron chi connectivity index (χ1n) is 5.50. The van der Waals surface area contributed by atoms with E-state index in [1.807, 2.05) is 0 Å². The first kappa shape index (κ1) is 12.7. The van der Waals surface area contributed by atoms with Gasteiger partial charge in [0.2, 0.25) is 5.91 Å². The third-order valence-corrected chi connectivity index (χ3v) is 3.12. The van der Waals surface area contributed by atoms with E-state index in [2.05, 4.69) is 22.9 Å². The normalized spacial score (nSPS) is 31.3. The number of nitrogens with one attached hydrogen (secondary N) is 3. The number of piperidine rings is 1. The number of rotatable bonds is 2. The second kappa shape index (κ2) is 5.68. The summed E-state index contributed by atoms with van der Waals surface area (Å²) in [6.07, 6.45) is 2.13. The summed E-state index contributed by atoms with van der Waals surface area (Å²) in [5.41, 5.74) is 0. The molecule has 2 unspecified atom stereocenters. The third kappa shape index (κ3) is 3.33. The average molecular weight is 234 g/mol. The van der Waals surface area contributed by atoms with Crippen molar-refractivity contribution in [3.63, 3.8) is 0 Å². The maximum atomic E-state index is 11.6. The van der Waals surface area contributed by atoms with E-state index < -0.39 is 0 Å². The molecule has 5 heteroatoms. The maximum Gasteiger partial charge on any atom is 0.225 e. The lowest BCUT2D eigenvalue weighted by Crippen LogP contribution is -2.54. The van der Waals surface area contributed by atoms with Gasteiger partial charge in [-0.05, 0) is 26.3 Å². The summed E-state index contributed by atoms with van der Waals surface area (Å²) < 4.78 is 0. The standard InChI is InChI=1S/C10H19N3O.ClH/c1-7-4-9(2-3-12-7)13-10(14)8-5-11-6-8;/h7-9,11-12H,2-6H2,1H3,(H,13,14);1H. The summed E-state index contributed by atoms with van der Waals surface area (Å²) in [6.45, 7) is 4.90. The molecule has 15 heavy (non-hydrogen) atoms. The first-order chi connectivity index (χ1) is 6.75. The summed E-state index contributed by atoms with van der Waals surface area (Å²) in [7, 11) is 0. The van der Waals surface area contributed by atoms with Gasteiger partial charge in [-0.2, -0.15) is 0 Å². The summed E-state index contributed by atoms with van der Waals surface area (Å²) >= 11 is 0. The molecule has 0 aromatic rings. The van der Waals surface area contributed by atoms with E-state index >= 15 is 0 Å². The Labute approximate surface area is 97.0 Å². The third-order valence-electron chi connectivity index (χ3n) is 3.12. The number of halogens is 1. The Morgan fingerprint density at radius 1 is 1.40 bits per heavy atom. The minimum absolute atomic E-state index is 0. The second-order valence-corrected chi connectivity index (χ2v) is 4.44. The minimum atomic E-state index is 0. The van der Waals surface area contributed by atoms with Gasteiger partial charge in [0.05, 0.1) is 5.92 Å². The van der Waals surface area contributed by atoms with Crippen LogP contribution in [0.25, 0.3) is 0 Å². The predicted molar refractivity (Wildman–Crippen MR) is 62.2 cm³/mol. The van der Waals surface area contributed by atoms with E-state index in [9.17, 15) is 4.79 Å². The number of amides is 1. The number of carbonyl (C=O) groups excluding carboxylic acids is 1. The molecule has 4 nitrogen and oxygen atoms in total. The molecule has 2 aliphatic rings. The van der Waals surface area contributed by atoms with Crippen molar-refractivity contribution in [2.75, 3.05) is 19.6 Å². The van der Waals surface area contributed by atoms with Crippen LogP contribution in [-0.2, 0) is 4.79 Å². The zero-order valence-electron chi connectivity index (χ0n) is 9.08. The van der Waals surface area contributed by atoms with Gasteiger partial charge in [-0.3, -0.25) is 4.79 Å². The Morgan fingerprint density at radius 2 is 2.13 bits per heavy atom. The van der Waals surface area contributed by atoms with Crippen molar-refractivity contribution in [2.45, 2.75) is 31.8 Å². The first-order valence-corrected chi connectivity index (χ1v) is 5.50. The second-order valence-electron chi connectivity index (χ2n) is 4.44. The molecule has 2 rings (SSSR count). The highest BCUT2D eigenvalue weighted by Crippen LogP contribution is 2.10. The molecule has 2 fully saturated rings. The number of carbonyl (C=O) groups is 1. The zero-order chi connectivity index (χ0) is 9.97. The van der Waals surface area contributed by atoms with Gasteiger partial charge in [0, 0.05) is 25.2 Å². The van der Waals surface area contributed by atoms with Crippen LogP contribution in [0.4, 0.5) is 0 Å². The van der Waals surface area contributed by atoms with Gasteiger partial charge in [0.15, 0.2) is 0 Å². The number of hydrogen-bond acceptors (Lipinski definition) is 3. The van der Waals surface area contributed by atoms with E-state index in [1.165, 1.54) is 0 Å². The quantitative estimate of drug-likeness (QED) is 0.624. The Balaban J connectivity index is 0.00000112. The zero-order valence-corrected chi connectivity index (χ0v) is 9.90. The highest BCUT2D eigenvalue weighted by atomic mass is 35.5. The van der Waals surface area contributed by atoms with Gasteiger partial charge in [-0.1, -0.05) is 0 Å². The Kier molecular flexibility index (Phi) is 4.83. The van der Waals surface area contributed by atoms with Crippen LogP contribution in [0.1, 0.15) is 19.8 Å².